The second kappa shape index (κ2) is 9.51. The first-order chi connectivity index (χ1) is 6.63. The average molecular weight is 199 g/mol. The van der Waals surface area contributed by atoms with Gasteiger partial charge in [0.05, 0.1) is 0 Å². The summed E-state index contributed by atoms with van der Waals surface area (Å²) in [5, 5.41) is 0. The highest BCUT2D eigenvalue weighted by molar-refractivity contribution is 4.54. The average Bonchev–Trinajstić information content (AvgIpc) is 2.08. The van der Waals surface area contributed by atoms with Crippen LogP contribution in [0.5, 0.6) is 0 Å². The Morgan fingerprint density at radius 1 is 0.714 bits per heavy atom. The second-order valence-corrected chi connectivity index (χ2v) is 5.07. The molecule has 0 saturated carbocycles. The molecule has 0 spiro atoms. The Morgan fingerprint density at radius 3 is 1.57 bits per heavy atom. The highest BCUT2D eigenvalue weighted by atomic mass is 14.6. The van der Waals surface area contributed by atoms with Crippen LogP contribution in [0.1, 0.15) is 72.1 Å². The number of hydrogen-bond acceptors (Lipinski definition) is 1. The summed E-state index contributed by atoms with van der Waals surface area (Å²) in [6.45, 7) is 6.72. The van der Waals surface area contributed by atoms with Gasteiger partial charge in [0.2, 0.25) is 0 Å². The molecule has 0 bridgehead atoms. The van der Waals surface area contributed by atoms with Gasteiger partial charge in [0.15, 0.2) is 0 Å². The molecular formula is C13H29N. The molecule has 0 aliphatic heterocycles. The molecular weight excluding hydrogens is 170 g/mol. The summed E-state index contributed by atoms with van der Waals surface area (Å²) in [6.07, 6.45) is 11.0. The lowest BCUT2D eigenvalue weighted by molar-refractivity contribution is 0.503. The third kappa shape index (κ3) is 12.0. The van der Waals surface area contributed by atoms with Crippen LogP contribution in [-0.2, 0) is 0 Å². The van der Waals surface area contributed by atoms with E-state index >= 15 is 0 Å². The van der Waals surface area contributed by atoms with E-state index in [1.54, 1.807) is 0 Å². The van der Waals surface area contributed by atoms with Gasteiger partial charge in [0, 0.05) is 6.04 Å². The minimum absolute atomic E-state index is 0.399. The number of hydrogen-bond donors (Lipinski definition) is 1. The smallest absolute Gasteiger partial charge is 0.00104 e. The van der Waals surface area contributed by atoms with Gasteiger partial charge in [-0.1, -0.05) is 58.8 Å². The molecule has 0 aromatic rings. The predicted octanol–water partition coefficient (Wildman–Crippen LogP) is 4.11. The largest absolute Gasteiger partial charge is 0.328 e. The van der Waals surface area contributed by atoms with Crippen molar-refractivity contribution >= 4 is 0 Å². The molecule has 0 aromatic heterocycles. The van der Waals surface area contributed by atoms with E-state index < -0.39 is 0 Å². The van der Waals surface area contributed by atoms with Crippen molar-refractivity contribution in [3.05, 3.63) is 0 Å². The van der Waals surface area contributed by atoms with Crippen molar-refractivity contribution in [1.29, 1.82) is 0 Å². The van der Waals surface area contributed by atoms with Crippen LogP contribution in [-0.4, -0.2) is 6.04 Å². The molecule has 1 unspecified atom stereocenters. The Hall–Kier alpha value is -0.0400. The molecule has 1 atom stereocenters. The zero-order chi connectivity index (χ0) is 10.8. The second-order valence-electron chi connectivity index (χ2n) is 5.07. The summed E-state index contributed by atoms with van der Waals surface area (Å²) in [5.41, 5.74) is 5.69. The molecule has 0 heterocycles. The van der Waals surface area contributed by atoms with E-state index in [1.807, 2.05) is 0 Å². The Bertz CT molecular complexity index is 93.8. The summed E-state index contributed by atoms with van der Waals surface area (Å²) in [4.78, 5) is 0. The van der Waals surface area contributed by atoms with Crippen LogP contribution >= 0.6 is 0 Å². The van der Waals surface area contributed by atoms with Crippen LogP contribution in [0, 0.1) is 5.92 Å². The summed E-state index contributed by atoms with van der Waals surface area (Å²) in [6, 6.07) is 0.399. The first-order valence-corrected chi connectivity index (χ1v) is 6.38. The Labute approximate surface area is 90.5 Å². The number of unbranched alkanes of at least 4 members (excludes halogenated alkanes) is 5. The molecule has 14 heavy (non-hydrogen) atoms. The van der Waals surface area contributed by atoms with Gasteiger partial charge < -0.3 is 5.73 Å². The SMILES string of the molecule is CC(C)CCCCCCCCC(C)N. The highest BCUT2D eigenvalue weighted by Gasteiger charge is 1.96. The maximum Gasteiger partial charge on any atom is 0.00104 e. The maximum absolute atomic E-state index is 5.69. The first-order valence-electron chi connectivity index (χ1n) is 6.38. The fourth-order valence-electron chi connectivity index (χ4n) is 1.73. The number of rotatable bonds is 9. The normalized spacial score (nSPS) is 13.5. The summed E-state index contributed by atoms with van der Waals surface area (Å²) in [5.74, 6) is 0.882. The molecule has 1 heteroatoms. The van der Waals surface area contributed by atoms with E-state index in [1.165, 1.54) is 51.4 Å². The van der Waals surface area contributed by atoms with Gasteiger partial charge in [-0.15, -0.1) is 0 Å². The van der Waals surface area contributed by atoms with Crippen molar-refractivity contribution in [1.82, 2.24) is 0 Å². The van der Waals surface area contributed by atoms with E-state index in [9.17, 15) is 0 Å². The fraction of sp³-hybridized carbons (Fsp3) is 1.00. The molecule has 0 aromatic carbocycles. The fourth-order valence-corrected chi connectivity index (χ4v) is 1.73. The van der Waals surface area contributed by atoms with E-state index in [0.29, 0.717) is 6.04 Å². The van der Waals surface area contributed by atoms with Crippen molar-refractivity contribution in [2.24, 2.45) is 11.7 Å². The molecule has 0 amide bonds. The monoisotopic (exact) mass is 199 g/mol. The van der Waals surface area contributed by atoms with Gasteiger partial charge in [0.25, 0.3) is 0 Å². The van der Waals surface area contributed by atoms with Crippen LogP contribution < -0.4 is 5.73 Å². The van der Waals surface area contributed by atoms with Crippen molar-refractivity contribution in [3.8, 4) is 0 Å². The lowest BCUT2D eigenvalue weighted by Gasteiger charge is -2.05. The van der Waals surface area contributed by atoms with Gasteiger partial charge in [0.1, 0.15) is 0 Å². The molecule has 0 aliphatic carbocycles. The summed E-state index contributed by atoms with van der Waals surface area (Å²) < 4.78 is 0. The van der Waals surface area contributed by atoms with E-state index in [2.05, 4.69) is 20.8 Å². The van der Waals surface area contributed by atoms with Crippen LogP contribution in [0.3, 0.4) is 0 Å². The lowest BCUT2D eigenvalue weighted by Crippen LogP contribution is -2.13. The molecule has 2 N–H and O–H groups in total. The molecule has 1 nitrogen and oxygen atoms in total. The van der Waals surface area contributed by atoms with Gasteiger partial charge >= 0.3 is 0 Å². The van der Waals surface area contributed by atoms with Crippen LogP contribution in [0.4, 0.5) is 0 Å². The number of nitrogens with two attached hydrogens (primary N) is 1. The predicted molar refractivity (Wildman–Crippen MR) is 65.4 cm³/mol. The molecule has 0 fully saturated rings. The van der Waals surface area contributed by atoms with Crippen LogP contribution in [0.15, 0.2) is 0 Å². The van der Waals surface area contributed by atoms with Gasteiger partial charge in [-0.2, -0.15) is 0 Å². The molecule has 86 valence electrons. The molecule has 0 aliphatic rings. The quantitative estimate of drug-likeness (QED) is 0.556. The van der Waals surface area contributed by atoms with Crippen molar-refractivity contribution in [3.63, 3.8) is 0 Å². The van der Waals surface area contributed by atoms with Crippen molar-refractivity contribution in [2.45, 2.75) is 78.2 Å². The van der Waals surface area contributed by atoms with Gasteiger partial charge in [-0.05, 0) is 19.3 Å². The minimum atomic E-state index is 0.399. The summed E-state index contributed by atoms with van der Waals surface area (Å²) >= 11 is 0. The first kappa shape index (κ1) is 14.0. The lowest BCUT2D eigenvalue weighted by atomic mass is 10.0. The topological polar surface area (TPSA) is 26.0 Å². The Kier molecular flexibility index (Phi) is 9.49. The molecule has 0 saturated heterocycles. The van der Waals surface area contributed by atoms with Crippen LogP contribution in [0.25, 0.3) is 0 Å². The third-order valence-corrected chi connectivity index (χ3v) is 2.69. The third-order valence-electron chi connectivity index (χ3n) is 2.69. The molecule has 0 rings (SSSR count). The summed E-state index contributed by atoms with van der Waals surface area (Å²) in [7, 11) is 0. The molecule has 0 radical (unpaired) electrons. The van der Waals surface area contributed by atoms with E-state index in [4.69, 9.17) is 5.73 Å². The maximum atomic E-state index is 5.69. The van der Waals surface area contributed by atoms with E-state index in [0.717, 1.165) is 5.92 Å². The van der Waals surface area contributed by atoms with E-state index in [-0.39, 0.29) is 0 Å². The van der Waals surface area contributed by atoms with Crippen molar-refractivity contribution in [2.75, 3.05) is 0 Å². The van der Waals surface area contributed by atoms with Crippen molar-refractivity contribution < 1.29 is 0 Å². The van der Waals surface area contributed by atoms with Gasteiger partial charge in [-0.3, -0.25) is 0 Å². The zero-order valence-corrected chi connectivity index (χ0v) is 10.4. The highest BCUT2D eigenvalue weighted by Crippen LogP contribution is 2.12. The van der Waals surface area contributed by atoms with Crippen LogP contribution in [0.2, 0.25) is 0 Å². The van der Waals surface area contributed by atoms with Gasteiger partial charge in [-0.25, -0.2) is 0 Å². The Morgan fingerprint density at radius 2 is 1.14 bits per heavy atom. The Balaban J connectivity index is 2.92. The minimum Gasteiger partial charge on any atom is -0.328 e. The zero-order valence-electron chi connectivity index (χ0n) is 10.4. The standard InChI is InChI=1S/C13H29N/c1-12(2)10-8-6-4-5-7-9-11-13(3)14/h12-13H,4-11,14H2,1-3H3.